The van der Waals surface area contributed by atoms with Crippen LogP contribution < -0.4 is 10.6 Å². The predicted octanol–water partition coefficient (Wildman–Crippen LogP) is 1.49. The van der Waals surface area contributed by atoms with Gasteiger partial charge in [-0.2, -0.15) is 0 Å². The predicted molar refractivity (Wildman–Crippen MR) is 47.5 cm³/mol. The van der Waals surface area contributed by atoms with Crippen molar-refractivity contribution >= 4 is 0 Å². The monoisotopic (exact) mass is 155 g/mol. The van der Waals surface area contributed by atoms with Gasteiger partial charge in [0, 0.05) is 6.04 Å². The first-order valence-electron chi connectivity index (χ1n) is 4.80. The molecule has 1 unspecified atom stereocenters. The Morgan fingerprint density at radius 1 is 1.45 bits per heavy atom. The second-order valence-electron chi connectivity index (χ2n) is 3.26. The minimum absolute atomic E-state index is 0.433. The minimum Gasteiger partial charge on any atom is -0.301 e. The van der Waals surface area contributed by atoms with E-state index in [0.29, 0.717) is 12.2 Å². The van der Waals surface area contributed by atoms with Gasteiger partial charge < -0.3 is 5.32 Å². The van der Waals surface area contributed by atoms with Crippen molar-refractivity contribution in [1.29, 1.82) is 0 Å². The summed E-state index contributed by atoms with van der Waals surface area (Å²) in [6, 6.07) is 0.698. The second-order valence-corrected chi connectivity index (χ2v) is 3.26. The van der Waals surface area contributed by atoms with Crippen molar-refractivity contribution in [3.63, 3.8) is 0 Å². The van der Waals surface area contributed by atoms with Crippen LogP contribution in [-0.4, -0.2) is 18.8 Å². The molecule has 0 aromatic heterocycles. The van der Waals surface area contributed by atoms with Crippen LogP contribution in [0.3, 0.4) is 0 Å². The molecule has 0 amide bonds. The molecule has 2 nitrogen and oxygen atoms in total. The lowest BCUT2D eigenvalue weighted by molar-refractivity contribution is 0.403. The molecule has 0 aromatic carbocycles. The fraction of sp³-hybridized carbons (Fsp3) is 1.00. The molecule has 1 saturated carbocycles. The number of hydrogen-bond donors (Lipinski definition) is 1. The van der Waals surface area contributed by atoms with Gasteiger partial charge in [-0.3, -0.25) is 0 Å². The van der Waals surface area contributed by atoms with Crippen molar-refractivity contribution in [1.82, 2.24) is 10.6 Å². The van der Waals surface area contributed by atoms with E-state index in [0.717, 1.165) is 13.0 Å². The molecular formula is C9H19N2. The molecule has 0 aromatic rings. The van der Waals surface area contributed by atoms with Crippen molar-refractivity contribution in [2.75, 3.05) is 6.54 Å². The number of hydrogen-bond acceptors (Lipinski definition) is 1. The minimum atomic E-state index is 0.433. The average Bonchev–Trinajstić information content (AvgIpc) is 2.81. The van der Waals surface area contributed by atoms with E-state index in [1.54, 1.807) is 0 Å². The van der Waals surface area contributed by atoms with Crippen molar-refractivity contribution in [3.05, 3.63) is 0 Å². The Kier molecular flexibility index (Phi) is 3.87. The smallest absolute Gasteiger partial charge is 0.0736 e. The van der Waals surface area contributed by atoms with Gasteiger partial charge in [-0.15, -0.1) is 0 Å². The molecule has 1 atom stereocenters. The topological polar surface area (TPSA) is 26.1 Å². The molecule has 65 valence electrons. The molecular weight excluding hydrogens is 136 g/mol. The first kappa shape index (κ1) is 9.01. The molecule has 1 fully saturated rings. The van der Waals surface area contributed by atoms with E-state index in [-0.39, 0.29) is 0 Å². The van der Waals surface area contributed by atoms with Crippen LogP contribution in [0.15, 0.2) is 0 Å². The summed E-state index contributed by atoms with van der Waals surface area (Å²) in [5.74, 6) is 0. The normalized spacial score (nSPS) is 20.2. The third kappa shape index (κ3) is 3.73. The van der Waals surface area contributed by atoms with Crippen LogP contribution in [0.2, 0.25) is 0 Å². The summed E-state index contributed by atoms with van der Waals surface area (Å²) < 4.78 is 0. The van der Waals surface area contributed by atoms with Gasteiger partial charge in [-0.1, -0.05) is 13.8 Å². The molecule has 1 rings (SSSR count). The quantitative estimate of drug-likeness (QED) is 0.618. The van der Waals surface area contributed by atoms with E-state index in [9.17, 15) is 0 Å². The van der Waals surface area contributed by atoms with Gasteiger partial charge in [0.1, 0.15) is 0 Å². The second kappa shape index (κ2) is 4.73. The first-order valence-corrected chi connectivity index (χ1v) is 4.80. The Morgan fingerprint density at radius 3 is 2.64 bits per heavy atom. The molecule has 11 heavy (non-hydrogen) atoms. The zero-order valence-corrected chi connectivity index (χ0v) is 7.64. The van der Waals surface area contributed by atoms with Gasteiger partial charge in [0.25, 0.3) is 0 Å². The maximum atomic E-state index is 4.63. The summed E-state index contributed by atoms with van der Waals surface area (Å²) in [4.78, 5) is 0. The molecule has 0 spiro atoms. The highest BCUT2D eigenvalue weighted by molar-refractivity contribution is 4.83. The Hall–Kier alpha value is -0.0800. The molecule has 0 saturated heterocycles. The van der Waals surface area contributed by atoms with Crippen LogP contribution in [0, 0.1) is 0 Å². The highest BCUT2D eigenvalue weighted by Crippen LogP contribution is 2.20. The number of nitrogens with zero attached hydrogens (tertiary/aromatic N) is 1. The fourth-order valence-corrected chi connectivity index (χ4v) is 1.09. The highest BCUT2D eigenvalue weighted by Gasteiger charge is 2.24. The van der Waals surface area contributed by atoms with E-state index < -0.39 is 0 Å². The van der Waals surface area contributed by atoms with Crippen LogP contribution in [0.4, 0.5) is 0 Å². The number of nitrogens with one attached hydrogen (secondary N) is 1. The summed E-state index contributed by atoms with van der Waals surface area (Å²) >= 11 is 0. The van der Waals surface area contributed by atoms with E-state index in [1.807, 2.05) is 0 Å². The maximum absolute atomic E-state index is 4.63. The standard InChI is InChI=1S/C9H19N2/c1-3-7-10-9(4-2)11-8-5-6-8/h8-10H,3-7H2,1-2H3. The Bertz CT molecular complexity index is 99.7. The van der Waals surface area contributed by atoms with Crippen molar-refractivity contribution < 1.29 is 0 Å². The summed E-state index contributed by atoms with van der Waals surface area (Å²) in [5.41, 5.74) is 0. The fourth-order valence-electron chi connectivity index (χ4n) is 1.09. The first-order chi connectivity index (χ1) is 5.36. The van der Waals surface area contributed by atoms with Crippen molar-refractivity contribution in [3.8, 4) is 0 Å². The summed E-state index contributed by atoms with van der Waals surface area (Å²) in [7, 11) is 0. The third-order valence-electron chi connectivity index (χ3n) is 1.95. The molecule has 1 radical (unpaired) electrons. The molecule has 1 aliphatic carbocycles. The van der Waals surface area contributed by atoms with Crippen LogP contribution in [-0.2, 0) is 0 Å². The summed E-state index contributed by atoms with van der Waals surface area (Å²) in [6.45, 7) is 5.49. The molecule has 0 bridgehead atoms. The Balaban J connectivity index is 2.02. The van der Waals surface area contributed by atoms with Crippen molar-refractivity contribution in [2.45, 2.75) is 51.7 Å². The Morgan fingerprint density at radius 2 is 2.18 bits per heavy atom. The van der Waals surface area contributed by atoms with Gasteiger partial charge in [-0.05, 0) is 32.2 Å². The summed E-state index contributed by atoms with van der Waals surface area (Å²) in [6.07, 6.45) is 5.42. The van der Waals surface area contributed by atoms with Crippen LogP contribution in [0.1, 0.15) is 39.5 Å². The third-order valence-corrected chi connectivity index (χ3v) is 1.95. The van der Waals surface area contributed by atoms with Crippen LogP contribution in [0.5, 0.6) is 0 Å². The van der Waals surface area contributed by atoms with E-state index in [2.05, 4.69) is 24.5 Å². The lowest BCUT2D eigenvalue weighted by atomic mass is 10.3. The van der Waals surface area contributed by atoms with E-state index >= 15 is 0 Å². The van der Waals surface area contributed by atoms with E-state index in [4.69, 9.17) is 0 Å². The largest absolute Gasteiger partial charge is 0.301 e. The molecule has 2 heteroatoms. The van der Waals surface area contributed by atoms with Gasteiger partial charge in [0.15, 0.2) is 0 Å². The lowest BCUT2D eigenvalue weighted by Crippen LogP contribution is -2.38. The summed E-state index contributed by atoms with van der Waals surface area (Å²) in [5, 5.41) is 8.06. The van der Waals surface area contributed by atoms with Gasteiger partial charge in [-0.25, -0.2) is 5.32 Å². The van der Waals surface area contributed by atoms with Gasteiger partial charge in [0.2, 0.25) is 0 Å². The molecule has 0 aliphatic heterocycles. The molecule has 1 aliphatic rings. The zero-order valence-electron chi connectivity index (χ0n) is 7.64. The SMILES string of the molecule is CCCNC(CC)[N]C1CC1. The number of rotatable bonds is 6. The molecule has 0 heterocycles. The highest BCUT2D eigenvalue weighted by atomic mass is 15.1. The maximum Gasteiger partial charge on any atom is 0.0736 e. The lowest BCUT2D eigenvalue weighted by Gasteiger charge is -2.15. The van der Waals surface area contributed by atoms with Crippen LogP contribution in [0.25, 0.3) is 0 Å². The van der Waals surface area contributed by atoms with E-state index in [1.165, 1.54) is 19.3 Å². The Labute approximate surface area is 69.8 Å². The molecule has 1 N–H and O–H groups in total. The zero-order chi connectivity index (χ0) is 8.10. The van der Waals surface area contributed by atoms with Crippen molar-refractivity contribution in [2.24, 2.45) is 0 Å². The van der Waals surface area contributed by atoms with Gasteiger partial charge in [0.05, 0.1) is 6.17 Å². The average molecular weight is 155 g/mol. The van der Waals surface area contributed by atoms with Crippen LogP contribution >= 0.6 is 0 Å². The van der Waals surface area contributed by atoms with Gasteiger partial charge >= 0.3 is 0 Å².